The number of nitrogens with zero attached hydrogens (tertiary/aromatic N) is 1. The molecule has 0 aliphatic rings. The number of hydrogen-bond acceptors (Lipinski definition) is 3. The Hall–Kier alpha value is -1.90. The van der Waals surface area contributed by atoms with Gasteiger partial charge in [-0.1, -0.05) is 24.3 Å². The van der Waals surface area contributed by atoms with Crippen molar-refractivity contribution in [3.05, 3.63) is 40.8 Å². The molecule has 0 bridgehead atoms. The zero-order chi connectivity index (χ0) is 10.1. The summed E-state index contributed by atoms with van der Waals surface area (Å²) in [5.74, 6) is 0.216. The molecule has 0 heterocycles. The molecule has 0 aliphatic carbocycles. The first-order valence-electron chi connectivity index (χ1n) is 4.28. The second-order valence-corrected chi connectivity index (χ2v) is 3.20. The number of aromatic hydroxyl groups is 1. The standard InChI is InChI=1S/C11H9NO2/c1-7-6-10(12-14)8-4-2-3-5-9(8)11(7)13/h2-6,13H,1H3. The monoisotopic (exact) mass is 187 g/mol. The Kier molecular flexibility index (Phi) is 1.93. The van der Waals surface area contributed by atoms with Crippen LogP contribution in [0.15, 0.2) is 35.5 Å². The van der Waals surface area contributed by atoms with Crippen LogP contribution in [0.1, 0.15) is 5.56 Å². The molecule has 2 aromatic carbocycles. The van der Waals surface area contributed by atoms with Gasteiger partial charge in [0.1, 0.15) is 11.4 Å². The lowest BCUT2D eigenvalue weighted by atomic mass is 10.0. The quantitative estimate of drug-likeness (QED) is 0.696. The van der Waals surface area contributed by atoms with E-state index < -0.39 is 0 Å². The number of phenolic OH excluding ortho intramolecular Hbond substituents is 1. The van der Waals surface area contributed by atoms with Crippen molar-refractivity contribution in [2.75, 3.05) is 0 Å². The smallest absolute Gasteiger partial charge is 0.126 e. The van der Waals surface area contributed by atoms with Crippen LogP contribution in [0.2, 0.25) is 0 Å². The van der Waals surface area contributed by atoms with Gasteiger partial charge in [-0.3, -0.25) is 0 Å². The van der Waals surface area contributed by atoms with E-state index in [2.05, 4.69) is 5.18 Å². The Morgan fingerprint density at radius 1 is 1.21 bits per heavy atom. The van der Waals surface area contributed by atoms with Gasteiger partial charge in [0.15, 0.2) is 0 Å². The van der Waals surface area contributed by atoms with Gasteiger partial charge in [-0.05, 0) is 23.7 Å². The second-order valence-electron chi connectivity index (χ2n) is 3.20. The van der Waals surface area contributed by atoms with E-state index in [9.17, 15) is 10.0 Å². The Bertz CT molecular complexity index is 506. The van der Waals surface area contributed by atoms with E-state index in [1.165, 1.54) is 0 Å². The third-order valence-corrected chi connectivity index (χ3v) is 2.28. The fraction of sp³-hybridized carbons (Fsp3) is 0.0909. The average Bonchev–Trinajstić information content (AvgIpc) is 2.23. The molecule has 0 spiro atoms. The Morgan fingerprint density at radius 3 is 2.50 bits per heavy atom. The van der Waals surface area contributed by atoms with Crippen LogP contribution >= 0.6 is 0 Å². The normalized spacial score (nSPS) is 10.4. The minimum atomic E-state index is 0.216. The number of benzene rings is 2. The highest BCUT2D eigenvalue weighted by molar-refractivity contribution is 5.97. The third-order valence-electron chi connectivity index (χ3n) is 2.28. The third kappa shape index (κ3) is 1.14. The summed E-state index contributed by atoms with van der Waals surface area (Å²) in [4.78, 5) is 10.6. The number of hydrogen-bond donors (Lipinski definition) is 1. The zero-order valence-electron chi connectivity index (χ0n) is 7.69. The van der Waals surface area contributed by atoms with Crippen LogP contribution in [0.3, 0.4) is 0 Å². The van der Waals surface area contributed by atoms with E-state index in [1.54, 1.807) is 25.1 Å². The van der Waals surface area contributed by atoms with Gasteiger partial charge in [0, 0.05) is 10.8 Å². The highest BCUT2D eigenvalue weighted by Gasteiger charge is 2.07. The molecule has 14 heavy (non-hydrogen) atoms. The van der Waals surface area contributed by atoms with Crippen LogP contribution < -0.4 is 0 Å². The van der Waals surface area contributed by atoms with Crippen molar-refractivity contribution in [1.82, 2.24) is 0 Å². The first kappa shape index (κ1) is 8.69. The molecule has 0 unspecified atom stereocenters. The fourth-order valence-electron chi connectivity index (χ4n) is 1.55. The van der Waals surface area contributed by atoms with Gasteiger partial charge in [-0.25, -0.2) is 0 Å². The number of nitroso groups, excluding NO2 is 1. The number of phenols is 1. The number of rotatable bonds is 1. The van der Waals surface area contributed by atoms with Crippen LogP contribution in [0.4, 0.5) is 5.69 Å². The lowest BCUT2D eigenvalue weighted by molar-refractivity contribution is 0.477. The second kappa shape index (κ2) is 3.10. The largest absolute Gasteiger partial charge is 0.507 e. The topological polar surface area (TPSA) is 49.7 Å². The van der Waals surface area contributed by atoms with E-state index in [0.29, 0.717) is 22.0 Å². The summed E-state index contributed by atoms with van der Waals surface area (Å²) in [7, 11) is 0. The summed E-state index contributed by atoms with van der Waals surface area (Å²) < 4.78 is 0. The molecule has 1 N–H and O–H groups in total. The molecule has 3 nitrogen and oxygen atoms in total. The van der Waals surface area contributed by atoms with Crippen molar-refractivity contribution >= 4 is 16.5 Å². The van der Waals surface area contributed by atoms with Crippen molar-refractivity contribution < 1.29 is 5.11 Å². The predicted octanol–water partition coefficient (Wildman–Crippen LogP) is 3.25. The van der Waals surface area contributed by atoms with Crippen molar-refractivity contribution in [1.29, 1.82) is 0 Å². The van der Waals surface area contributed by atoms with Crippen LogP contribution in [0, 0.1) is 11.8 Å². The Balaban J connectivity index is 2.96. The molecule has 2 aromatic rings. The molecular weight excluding hydrogens is 178 g/mol. The van der Waals surface area contributed by atoms with Crippen LogP contribution in [0.5, 0.6) is 5.75 Å². The highest BCUT2D eigenvalue weighted by atomic mass is 16.3. The minimum absolute atomic E-state index is 0.216. The van der Waals surface area contributed by atoms with Gasteiger partial charge >= 0.3 is 0 Å². The molecule has 0 fully saturated rings. The first-order chi connectivity index (χ1) is 6.74. The summed E-state index contributed by atoms with van der Waals surface area (Å²) in [6, 6.07) is 8.75. The molecule has 2 rings (SSSR count). The van der Waals surface area contributed by atoms with E-state index in [1.807, 2.05) is 12.1 Å². The maximum Gasteiger partial charge on any atom is 0.126 e. The molecule has 0 radical (unpaired) electrons. The van der Waals surface area contributed by atoms with E-state index in [-0.39, 0.29) is 5.75 Å². The lowest BCUT2D eigenvalue weighted by Gasteiger charge is -2.05. The Labute approximate surface area is 81.0 Å². The summed E-state index contributed by atoms with van der Waals surface area (Å²) >= 11 is 0. The van der Waals surface area contributed by atoms with Gasteiger partial charge in [0.25, 0.3) is 0 Å². The molecule has 70 valence electrons. The maximum atomic E-state index is 10.6. The zero-order valence-corrected chi connectivity index (χ0v) is 7.69. The molecule has 0 aliphatic heterocycles. The number of fused-ring (bicyclic) bond motifs is 1. The highest BCUT2D eigenvalue weighted by Crippen LogP contribution is 2.35. The molecule has 0 aromatic heterocycles. The number of aryl methyl sites for hydroxylation is 1. The van der Waals surface area contributed by atoms with Crippen molar-refractivity contribution in [2.24, 2.45) is 5.18 Å². The molecule has 3 heteroatoms. The van der Waals surface area contributed by atoms with Gasteiger partial charge in [0.2, 0.25) is 0 Å². The van der Waals surface area contributed by atoms with Gasteiger partial charge < -0.3 is 5.11 Å². The van der Waals surface area contributed by atoms with Crippen LogP contribution in [0.25, 0.3) is 10.8 Å². The summed E-state index contributed by atoms with van der Waals surface area (Å²) in [6.07, 6.45) is 0. The molecule has 0 atom stereocenters. The van der Waals surface area contributed by atoms with Gasteiger partial charge in [0.05, 0.1) is 0 Å². The maximum absolute atomic E-state index is 10.6. The first-order valence-corrected chi connectivity index (χ1v) is 4.28. The van der Waals surface area contributed by atoms with E-state index >= 15 is 0 Å². The van der Waals surface area contributed by atoms with E-state index in [0.717, 1.165) is 0 Å². The van der Waals surface area contributed by atoms with Crippen LogP contribution in [-0.4, -0.2) is 5.11 Å². The van der Waals surface area contributed by atoms with E-state index in [4.69, 9.17) is 0 Å². The van der Waals surface area contributed by atoms with Crippen molar-refractivity contribution in [3.63, 3.8) is 0 Å². The van der Waals surface area contributed by atoms with Gasteiger partial charge in [-0.2, -0.15) is 0 Å². The molecular formula is C11H9NO2. The summed E-state index contributed by atoms with van der Waals surface area (Å²) in [5, 5.41) is 14.0. The fourth-order valence-corrected chi connectivity index (χ4v) is 1.55. The average molecular weight is 187 g/mol. The minimum Gasteiger partial charge on any atom is -0.507 e. The molecule has 0 saturated carbocycles. The summed E-state index contributed by atoms with van der Waals surface area (Å²) in [5.41, 5.74) is 1.04. The van der Waals surface area contributed by atoms with Gasteiger partial charge in [-0.15, -0.1) is 4.91 Å². The van der Waals surface area contributed by atoms with Crippen molar-refractivity contribution in [3.8, 4) is 5.75 Å². The van der Waals surface area contributed by atoms with Crippen LogP contribution in [-0.2, 0) is 0 Å². The Morgan fingerprint density at radius 2 is 1.86 bits per heavy atom. The SMILES string of the molecule is Cc1cc(N=O)c2ccccc2c1O. The predicted molar refractivity (Wildman–Crippen MR) is 55.8 cm³/mol. The lowest BCUT2D eigenvalue weighted by Crippen LogP contribution is -1.79. The summed E-state index contributed by atoms with van der Waals surface area (Å²) in [6.45, 7) is 1.75. The molecule has 0 amide bonds. The van der Waals surface area contributed by atoms with Crippen molar-refractivity contribution in [2.45, 2.75) is 6.92 Å². The molecule has 0 saturated heterocycles.